The monoisotopic (exact) mass is 270 g/mol. The van der Waals surface area contributed by atoms with Crippen LogP contribution in [0.4, 0.5) is 0 Å². The maximum Gasteiger partial charge on any atom is 0.307 e. The number of carboxylic acids is 1. The maximum atomic E-state index is 11.0. The van der Waals surface area contributed by atoms with Crippen molar-refractivity contribution in [2.45, 2.75) is 19.8 Å². The van der Waals surface area contributed by atoms with Crippen LogP contribution in [0.15, 0.2) is 22.7 Å². The maximum absolute atomic E-state index is 11.0. The number of aliphatic carboxylic acids is 1. The first-order chi connectivity index (χ1) is 7.00. The molecule has 1 aromatic carbocycles. The van der Waals surface area contributed by atoms with E-state index in [0.29, 0.717) is 5.56 Å². The van der Waals surface area contributed by atoms with Crippen LogP contribution < -0.4 is 0 Å². The van der Waals surface area contributed by atoms with Crippen LogP contribution in [0.3, 0.4) is 0 Å². The number of halogens is 1. The molecule has 3 nitrogen and oxygen atoms in total. The summed E-state index contributed by atoms with van der Waals surface area (Å²) in [5.41, 5.74) is 1.46. The van der Waals surface area contributed by atoms with E-state index in [0.717, 1.165) is 10.0 Å². The smallest absolute Gasteiger partial charge is 0.307 e. The first-order valence-electron chi connectivity index (χ1n) is 4.48. The fourth-order valence-electron chi connectivity index (χ4n) is 1.38. The molecule has 0 radical (unpaired) electrons. The fourth-order valence-corrected chi connectivity index (χ4v) is 1.93. The molecule has 0 aliphatic rings. The van der Waals surface area contributed by atoms with Gasteiger partial charge in [0.2, 0.25) is 0 Å². The number of ketones is 1. The molecule has 0 aliphatic carbocycles. The molecular weight excluding hydrogens is 260 g/mol. The Morgan fingerprint density at radius 1 is 1.33 bits per heavy atom. The molecule has 0 unspecified atom stereocenters. The van der Waals surface area contributed by atoms with E-state index in [2.05, 4.69) is 15.9 Å². The summed E-state index contributed by atoms with van der Waals surface area (Å²) in [6, 6.07) is 5.31. The van der Waals surface area contributed by atoms with Gasteiger partial charge in [-0.25, -0.2) is 0 Å². The first-order valence-corrected chi connectivity index (χ1v) is 5.27. The average Bonchev–Trinajstić information content (AvgIpc) is 2.09. The summed E-state index contributed by atoms with van der Waals surface area (Å²) in [4.78, 5) is 21.7. The Morgan fingerprint density at radius 2 is 2.00 bits per heavy atom. The van der Waals surface area contributed by atoms with Gasteiger partial charge >= 0.3 is 5.97 Å². The summed E-state index contributed by atoms with van der Waals surface area (Å²) in [6.07, 6.45) is 0.214. The van der Waals surface area contributed by atoms with Gasteiger partial charge in [0.15, 0.2) is 0 Å². The van der Waals surface area contributed by atoms with Crippen LogP contribution in [0, 0.1) is 0 Å². The molecule has 1 aromatic rings. The third-order valence-corrected chi connectivity index (χ3v) is 2.73. The van der Waals surface area contributed by atoms with E-state index in [1.165, 1.54) is 6.92 Å². The van der Waals surface area contributed by atoms with Gasteiger partial charge in [-0.3, -0.25) is 9.59 Å². The van der Waals surface area contributed by atoms with E-state index in [4.69, 9.17) is 5.11 Å². The lowest BCUT2D eigenvalue weighted by molar-refractivity contribution is -0.136. The average molecular weight is 271 g/mol. The second kappa shape index (κ2) is 5.07. The van der Waals surface area contributed by atoms with E-state index in [1.807, 2.05) is 6.07 Å². The minimum atomic E-state index is -0.891. The normalized spacial score (nSPS) is 10.0. The molecule has 1 rings (SSSR count). The number of hydrogen-bond acceptors (Lipinski definition) is 2. The minimum Gasteiger partial charge on any atom is -0.481 e. The third kappa shape index (κ3) is 3.47. The number of carboxylic acid groups (broad SMARTS) is 1. The minimum absolute atomic E-state index is 0.0218. The highest BCUT2D eigenvalue weighted by Crippen LogP contribution is 2.22. The number of benzene rings is 1. The number of hydrogen-bond donors (Lipinski definition) is 1. The Kier molecular flexibility index (Phi) is 4.03. The van der Waals surface area contributed by atoms with Crippen molar-refractivity contribution in [2.75, 3.05) is 0 Å². The second-order valence-electron chi connectivity index (χ2n) is 3.33. The molecule has 0 bridgehead atoms. The van der Waals surface area contributed by atoms with E-state index < -0.39 is 5.97 Å². The predicted octanol–water partition coefficient (Wildman–Crippen LogP) is 2.21. The fraction of sp³-hybridized carbons (Fsp3) is 0.273. The number of rotatable bonds is 4. The van der Waals surface area contributed by atoms with Gasteiger partial charge in [-0.1, -0.05) is 28.1 Å². The number of carbonyl (C=O) groups is 2. The summed E-state index contributed by atoms with van der Waals surface area (Å²) < 4.78 is 0.788. The summed E-state index contributed by atoms with van der Waals surface area (Å²) in [6.45, 7) is 1.49. The molecule has 0 saturated carbocycles. The van der Waals surface area contributed by atoms with Crippen LogP contribution in [0.1, 0.15) is 18.1 Å². The lowest BCUT2D eigenvalue weighted by atomic mass is 10.0. The first kappa shape index (κ1) is 11.9. The van der Waals surface area contributed by atoms with E-state index >= 15 is 0 Å². The molecule has 0 aromatic heterocycles. The van der Waals surface area contributed by atoms with Gasteiger partial charge in [0.05, 0.1) is 6.42 Å². The largest absolute Gasteiger partial charge is 0.481 e. The molecule has 0 fully saturated rings. The molecule has 1 N–H and O–H groups in total. The van der Waals surface area contributed by atoms with Crippen molar-refractivity contribution in [3.8, 4) is 0 Å². The molecule has 0 spiro atoms. The second-order valence-corrected chi connectivity index (χ2v) is 4.18. The molecular formula is C11H11BrO3. The van der Waals surface area contributed by atoms with Crippen molar-refractivity contribution < 1.29 is 14.7 Å². The molecule has 0 atom stereocenters. The van der Waals surface area contributed by atoms with Gasteiger partial charge < -0.3 is 5.11 Å². The Hall–Kier alpha value is -1.16. The van der Waals surface area contributed by atoms with Crippen molar-refractivity contribution in [2.24, 2.45) is 0 Å². The Balaban J connectivity index is 3.08. The summed E-state index contributed by atoms with van der Waals surface area (Å²) in [5.74, 6) is -0.869. The van der Waals surface area contributed by atoms with Gasteiger partial charge in [-0.15, -0.1) is 0 Å². The standard InChI is InChI=1S/C11H11BrO3/c1-7(13)5-9-8(6-11(14)15)3-2-4-10(9)12/h2-4H,5-6H2,1H3,(H,14,15). The molecule has 0 amide bonds. The summed E-state index contributed by atoms with van der Waals surface area (Å²) in [5, 5.41) is 8.72. The summed E-state index contributed by atoms with van der Waals surface area (Å²) in [7, 11) is 0. The van der Waals surface area contributed by atoms with Gasteiger partial charge in [0.25, 0.3) is 0 Å². The third-order valence-electron chi connectivity index (χ3n) is 1.98. The van der Waals surface area contributed by atoms with E-state index in [1.54, 1.807) is 12.1 Å². The number of Topliss-reactive ketones (excluding diaryl/α,β-unsaturated/α-hetero) is 1. The Morgan fingerprint density at radius 3 is 2.53 bits per heavy atom. The van der Waals surface area contributed by atoms with Crippen molar-refractivity contribution in [1.82, 2.24) is 0 Å². The number of carbonyl (C=O) groups excluding carboxylic acids is 1. The lowest BCUT2D eigenvalue weighted by Crippen LogP contribution is -2.07. The van der Waals surface area contributed by atoms with Gasteiger partial charge in [0.1, 0.15) is 5.78 Å². The topological polar surface area (TPSA) is 54.4 Å². The zero-order valence-electron chi connectivity index (χ0n) is 8.29. The highest BCUT2D eigenvalue weighted by molar-refractivity contribution is 9.10. The van der Waals surface area contributed by atoms with Crippen LogP contribution in [0.5, 0.6) is 0 Å². The van der Waals surface area contributed by atoms with Crippen molar-refractivity contribution >= 4 is 27.7 Å². The van der Waals surface area contributed by atoms with Gasteiger partial charge in [0, 0.05) is 10.9 Å². The van der Waals surface area contributed by atoms with E-state index in [9.17, 15) is 9.59 Å². The Bertz CT molecular complexity index is 399. The highest BCUT2D eigenvalue weighted by Gasteiger charge is 2.11. The molecule has 80 valence electrons. The SMILES string of the molecule is CC(=O)Cc1c(Br)cccc1CC(=O)O. The zero-order chi connectivity index (χ0) is 11.4. The summed E-state index contributed by atoms with van der Waals surface area (Å²) >= 11 is 3.32. The molecule has 0 aliphatic heterocycles. The van der Waals surface area contributed by atoms with E-state index in [-0.39, 0.29) is 18.6 Å². The van der Waals surface area contributed by atoms with Crippen LogP contribution in [0.25, 0.3) is 0 Å². The zero-order valence-corrected chi connectivity index (χ0v) is 9.87. The Labute approximate surface area is 96.2 Å². The predicted molar refractivity (Wildman–Crippen MR) is 59.9 cm³/mol. The quantitative estimate of drug-likeness (QED) is 0.913. The highest BCUT2D eigenvalue weighted by atomic mass is 79.9. The molecule has 15 heavy (non-hydrogen) atoms. The van der Waals surface area contributed by atoms with Crippen LogP contribution >= 0.6 is 15.9 Å². The molecule has 4 heteroatoms. The van der Waals surface area contributed by atoms with Crippen LogP contribution in [-0.4, -0.2) is 16.9 Å². The van der Waals surface area contributed by atoms with Crippen molar-refractivity contribution in [1.29, 1.82) is 0 Å². The molecule has 0 saturated heterocycles. The lowest BCUT2D eigenvalue weighted by Gasteiger charge is -2.08. The van der Waals surface area contributed by atoms with Crippen LogP contribution in [-0.2, 0) is 22.4 Å². The van der Waals surface area contributed by atoms with Gasteiger partial charge in [-0.2, -0.15) is 0 Å². The van der Waals surface area contributed by atoms with Crippen molar-refractivity contribution in [3.63, 3.8) is 0 Å². The van der Waals surface area contributed by atoms with Crippen LogP contribution in [0.2, 0.25) is 0 Å². The van der Waals surface area contributed by atoms with Gasteiger partial charge in [-0.05, 0) is 24.1 Å². The van der Waals surface area contributed by atoms with Crippen molar-refractivity contribution in [3.05, 3.63) is 33.8 Å². The molecule has 0 heterocycles.